The molecule has 4 saturated carbocycles. The van der Waals surface area contributed by atoms with Crippen molar-refractivity contribution in [3.8, 4) is 0 Å². The first-order chi connectivity index (χ1) is 31.5. The van der Waals surface area contributed by atoms with Gasteiger partial charge >= 0.3 is 0 Å². The maximum atomic E-state index is 12.3. The van der Waals surface area contributed by atoms with Crippen LogP contribution in [0, 0.1) is 50.2 Å². The Balaban J connectivity index is 1.03. The lowest BCUT2D eigenvalue weighted by Gasteiger charge is -2.73. The molecule has 4 saturated heterocycles. The van der Waals surface area contributed by atoms with Gasteiger partial charge in [0, 0.05) is 28.8 Å². The van der Waals surface area contributed by atoms with Crippen LogP contribution in [0.1, 0.15) is 92.9 Å². The van der Waals surface area contributed by atoms with Crippen LogP contribution in [0.3, 0.4) is 0 Å². The van der Waals surface area contributed by atoms with Gasteiger partial charge in [-0.05, 0) is 86.4 Å². The number of hydrogen-bond acceptors (Lipinski definition) is 19. The fraction of sp³-hybridized carbons (Fsp3) is 0.958. The molecule has 1 spiro atoms. The number of allylic oxidation sites excluding steroid dienone is 1. The molecule has 9 aliphatic rings. The van der Waals surface area contributed by atoms with E-state index in [4.69, 9.17) is 33.2 Å². The van der Waals surface area contributed by atoms with Crippen molar-refractivity contribution in [3.05, 3.63) is 12.2 Å². The Morgan fingerprint density at radius 1 is 0.597 bits per heavy atom. The molecule has 19 nitrogen and oxygen atoms in total. The van der Waals surface area contributed by atoms with Crippen LogP contribution in [0.15, 0.2) is 12.2 Å². The lowest BCUT2D eigenvalue weighted by atomic mass is 9.32. The summed E-state index contributed by atoms with van der Waals surface area (Å²) in [6.45, 7) is 11.4. The van der Waals surface area contributed by atoms with E-state index < -0.39 is 134 Å². The van der Waals surface area contributed by atoms with Crippen LogP contribution < -0.4 is 0 Å². The number of fused-ring (bicyclic) bond motifs is 4. The zero-order valence-corrected chi connectivity index (χ0v) is 39.6. The molecule has 4 aliphatic heterocycles. The minimum Gasteiger partial charge on any atom is -0.396 e. The molecule has 27 atom stereocenters. The summed E-state index contributed by atoms with van der Waals surface area (Å²) >= 11 is 0. The molecule has 384 valence electrons. The largest absolute Gasteiger partial charge is 0.396 e. The first kappa shape index (κ1) is 50.9. The van der Waals surface area contributed by atoms with Gasteiger partial charge in [0.2, 0.25) is 0 Å². The minimum atomic E-state index is -1.89. The summed E-state index contributed by atoms with van der Waals surface area (Å²) in [6.07, 6.45) is -15.5. The van der Waals surface area contributed by atoms with Crippen LogP contribution in [0.25, 0.3) is 0 Å². The van der Waals surface area contributed by atoms with E-state index in [9.17, 15) is 61.3 Å². The monoisotopic (exact) mass is 959 g/mol. The first-order valence-corrected chi connectivity index (χ1v) is 24.6. The fourth-order valence-electron chi connectivity index (χ4n) is 15.8. The third kappa shape index (κ3) is 7.22. The zero-order valence-electron chi connectivity index (χ0n) is 39.6. The lowest BCUT2D eigenvalue weighted by Crippen LogP contribution is -2.73. The Morgan fingerprint density at radius 3 is 1.79 bits per heavy atom. The maximum Gasteiger partial charge on any atom is 0.187 e. The number of ether oxygens (including phenoxy) is 7. The molecule has 2 bridgehead atoms. The molecule has 19 heteroatoms. The predicted octanol–water partition coefficient (Wildman–Crippen LogP) is -1.43. The molecule has 12 N–H and O–H groups in total. The quantitative estimate of drug-likeness (QED) is 0.0883. The van der Waals surface area contributed by atoms with E-state index >= 15 is 0 Å². The molecule has 0 radical (unpaired) electrons. The second-order valence-electron chi connectivity index (χ2n) is 23.6. The summed E-state index contributed by atoms with van der Waals surface area (Å²) in [4.78, 5) is 0. The topological polar surface area (TPSA) is 307 Å². The van der Waals surface area contributed by atoms with Gasteiger partial charge in [0.1, 0.15) is 67.1 Å². The van der Waals surface area contributed by atoms with E-state index in [1.807, 2.05) is 6.92 Å². The van der Waals surface area contributed by atoms with Gasteiger partial charge in [-0.25, -0.2) is 0 Å². The van der Waals surface area contributed by atoms with Gasteiger partial charge in [0.25, 0.3) is 0 Å². The number of aliphatic hydroxyl groups is 12. The summed E-state index contributed by atoms with van der Waals surface area (Å²) in [7, 11) is 0. The van der Waals surface area contributed by atoms with Crippen molar-refractivity contribution in [1.82, 2.24) is 0 Å². The summed E-state index contributed by atoms with van der Waals surface area (Å²) in [5, 5.41) is 131. The van der Waals surface area contributed by atoms with Gasteiger partial charge in [-0.2, -0.15) is 0 Å². The summed E-state index contributed by atoms with van der Waals surface area (Å²) < 4.78 is 44.3. The van der Waals surface area contributed by atoms with Crippen LogP contribution in [0.5, 0.6) is 0 Å². The first-order valence-electron chi connectivity index (χ1n) is 24.6. The van der Waals surface area contributed by atoms with E-state index in [0.29, 0.717) is 32.3 Å². The highest BCUT2D eigenvalue weighted by molar-refractivity contribution is 5.36. The second kappa shape index (κ2) is 17.6. The van der Waals surface area contributed by atoms with Crippen LogP contribution >= 0.6 is 0 Å². The summed E-state index contributed by atoms with van der Waals surface area (Å²) in [5.74, 6) is -0.0714. The van der Waals surface area contributed by atoms with Crippen LogP contribution in [-0.4, -0.2) is 204 Å². The molecule has 0 aromatic heterocycles. The van der Waals surface area contributed by atoms with Gasteiger partial charge in [-0.1, -0.05) is 46.8 Å². The van der Waals surface area contributed by atoms with Gasteiger partial charge < -0.3 is 94.4 Å². The number of aliphatic hydroxyl groups excluding tert-OH is 12. The van der Waals surface area contributed by atoms with Crippen molar-refractivity contribution in [2.24, 2.45) is 50.2 Å². The zero-order chi connectivity index (χ0) is 48.6. The fourth-order valence-corrected chi connectivity index (χ4v) is 15.8. The standard InChI is InChI=1S/C48H78O19/c1-22-30(54)37(66-39-35(59)33(57)31(55)23(17-49)63-39)38(67-40-36(60)34(58)32(56)24(18-50)64-40)41(62-22)65-29-9-10-43(3)25(44(29,4)20-52)7-11-45(5)26(43)8-12-48-27-15-42(2,19-51)13-14-47(27,21-61-48)28(53)16-46(45,48)6/h8,12,22-41,49-60H,7,9-11,13-21H2,1-6H3/t22-,23-,24-,25-,26-,27-,28+,29+,30+,31-,32-,33+,34+,35-,36-,37+,38-,39+,40+,41+,42-,43+,44+,45-,46+,47-,48+/m1/s1. The highest BCUT2D eigenvalue weighted by atomic mass is 16.8. The van der Waals surface area contributed by atoms with Gasteiger partial charge in [0.05, 0.1) is 50.3 Å². The van der Waals surface area contributed by atoms with E-state index in [1.54, 1.807) is 6.92 Å². The smallest absolute Gasteiger partial charge is 0.187 e. The number of hydrogen-bond donors (Lipinski definition) is 12. The van der Waals surface area contributed by atoms with E-state index in [0.717, 1.165) is 25.7 Å². The molecule has 0 amide bonds. The molecule has 67 heavy (non-hydrogen) atoms. The average molecular weight is 959 g/mol. The molecule has 0 aromatic carbocycles. The molecular weight excluding hydrogens is 881 g/mol. The normalized spacial score (nSPS) is 59.5. The van der Waals surface area contributed by atoms with Gasteiger partial charge in [-0.3, -0.25) is 0 Å². The van der Waals surface area contributed by atoms with Crippen molar-refractivity contribution in [2.45, 2.75) is 203 Å². The van der Waals surface area contributed by atoms with Crippen LogP contribution in [-0.2, 0) is 33.2 Å². The lowest BCUT2D eigenvalue weighted by molar-refractivity contribution is -0.398. The molecule has 5 aliphatic carbocycles. The second-order valence-corrected chi connectivity index (χ2v) is 23.6. The Morgan fingerprint density at radius 2 is 1.21 bits per heavy atom. The predicted molar refractivity (Wildman–Crippen MR) is 231 cm³/mol. The molecule has 8 fully saturated rings. The maximum absolute atomic E-state index is 12.3. The SMILES string of the molecule is C[C@H]1O[C@@H](O[C@H]2CC[C@@]3(C)[C@@H](CC[C@]4(C)[C@@H]3C=C[C@]35OC[C@@]6(CC[C@@](C)(CO)C[C@H]63)[C@@H](O)C[C@]54C)[C@]2(C)CO)[C@H](O[C@@H]2O[C@H](CO)[C@@H](O)[C@H](O)[C@H]2O)[C@@H](O[C@@H]2O[C@H](CO)[C@@H](O)[C@H](O)[C@H]2O)[C@H]1O. The Labute approximate surface area is 391 Å². The van der Waals surface area contributed by atoms with Crippen molar-refractivity contribution in [3.63, 3.8) is 0 Å². The average Bonchev–Trinajstić information content (AvgIpc) is 3.58. The highest BCUT2D eigenvalue weighted by Gasteiger charge is 2.79. The summed E-state index contributed by atoms with van der Waals surface area (Å²) in [5.41, 5.74) is -3.36. The number of rotatable bonds is 10. The van der Waals surface area contributed by atoms with Crippen molar-refractivity contribution < 1.29 is 94.4 Å². The van der Waals surface area contributed by atoms with Crippen LogP contribution in [0.2, 0.25) is 0 Å². The Kier molecular flexibility index (Phi) is 13.4. The van der Waals surface area contributed by atoms with Gasteiger partial charge in [0.15, 0.2) is 18.9 Å². The van der Waals surface area contributed by atoms with E-state index in [2.05, 4.69) is 39.8 Å². The third-order valence-corrected chi connectivity index (χ3v) is 20.3. The molecule has 0 unspecified atom stereocenters. The highest BCUT2D eigenvalue weighted by Crippen LogP contribution is 2.79. The van der Waals surface area contributed by atoms with E-state index in [1.165, 1.54) is 0 Å². The Hall–Kier alpha value is -1.02. The molecule has 4 heterocycles. The van der Waals surface area contributed by atoms with Crippen molar-refractivity contribution in [1.29, 1.82) is 0 Å². The minimum absolute atomic E-state index is 0.0117. The molecular formula is C48H78O19. The van der Waals surface area contributed by atoms with Crippen molar-refractivity contribution >= 4 is 0 Å². The van der Waals surface area contributed by atoms with Gasteiger partial charge in [-0.15, -0.1) is 0 Å². The molecule has 9 rings (SSSR count). The third-order valence-electron chi connectivity index (χ3n) is 20.3. The summed E-state index contributed by atoms with van der Waals surface area (Å²) in [6, 6.07) is 0. The molecule has 0 aromatic rings. The van der Waals surface area contributed by atoms with Crippen molar-refractivity contribution in [2.75, 3.05) is 33.0 Å². The Bertz CT molecular complexity index is 1820. The van der Waals surface area contributed by atoms with Crippen LogP contribution in [0.4, 0.5) is 0 Å². The van der Waals surface area contributed by atoms with E-state index in [-0.39, 0.29) is 52.6 Å².